The first-order valence-corrected chi connectivity index (χ1v) is 22.7. The summed E-state index contributed by atoms with van der Waals surface area (Å²) in [6.07, 6.45) is -7.58. The predicted molar refractivity (Wildman–Crippen MR) is 232 cm³/mol. The van der Waals surface area contributed by atoms with Crippen molar-refractivity contribution in [3.05, 3.63) is 0 Å². The molecule has 2 rings (SSSR count). The summed E-state index contributed by atoms with van der Waals surface area (Å²) in [5, 5.41) is 75.2. The number of rotatable bonds is 33. The van der Waals surface area contributed by atoms with Crippen molar-refractivity contribution in [2.45, 2.75) is 146 Å². The first-order chi connectivity index (χ1) is 31.9. The molecule has 2 saturated heterocycles. The molecule has 0 radical (unpaired) electrons. The van der Waals surface area contributed by atoms with Crippen molar-refractivity contribution < 1.29 is 92.6 Å². The molecule has 0 bridgehead atoms. The number of aliphatic hydroxyl groups excluding tert-OH is 6. The maximum Gasteiger partial charge on any atom is 0.242 e. The van der Waals surface area contributed by atoms with E-state index in [0.717, 1.165) is 6.42 Å². The zero-order chi connectivity index (χ0) is 49.9. The van der Waals surface area contributed by atoms with E-state index in [1.165, 1.54) is 13.8 Å². The number of aliphatic hydroxyl groups is 6. The molecule has 0 aromatic heterocycles. The van der Waals surface area contributed by atoms with Crippen molar-refractivity contribution in [2.75, 3.05) is 72.5 Å². The van der Waals surface area contributed by atoms with E-state index in [4.69, 9.17) is 28.4 Å². The van der Waals surface area contributed by atoms with Crippen LogP contribution in [-0.4, -0.2) is 212 Å². The highest BCUT2D eigenvalue weighted by atomic mass is 16.7. The molecular formula is C42H74N6O19. The monoisotopic (exact) mass is 967 g/mol. The molecule has 386 valence electrons. The standard InChI is InChI=1S/C42H74N6O19/c1-24(2)28(53)9-7-5-6-8-10-32(55)48-27(40(61)44-14-16-63-18-20-65-42-35(47-26(4)52)39(60)37(58)30(23-50)67-42)11-12-31(54)45-21-33(56)43-13-15-62-17-19-64-41-34(46-25(3)51)38(59)36(57)29(22-49)66-41/h24,27,29-30,34-39,41-42,49-50,57-60H,5-23H2,1-4H3,(H,43,56)(H,44,61)(H,45,54)(H,46,51)(H,47,52)(H,48,55). The average Bonchev–Trinajstić information content (AvgIpc) is 3.28. The molecule has 25 heteroatoms. The summed E-state index contributed by atoms with van der Waals surface area (Å²) in [4.78, 5) is 86.2. The van der Waals surface area contributed by atoms with Crippen LogP contribution < -0.4 is 31.9 Å². The highest BCUT2D eigenvalue weighted by Gasteiger charge is 2.46. The van der Waals surface area contributed by atoms with Crippen LogP contribution in [0.15, 0.2) is 0 Å². The molecule has 67 heavy (non-hydrogen) atoms. The molecule has 11 unspecified atom stereocenters. The van der Waals surface area contributed by atoms with Gasteiger partial charge in [-0.25, -0.2) is 0 Å². The van der Waals surface area contributed by atoms with Crippen molar-refractivity contribution in [3.8, 4) is 0 Å². The number of hydrogen-bond donors (Lipinski definition) is 12. The largest absolute Gasteiger partial charge is 0.394 e. The number of ketones is 1. The fraction of sp³-hybridized carbons (Fsp3) is 0.833. The molecule has 6 amide bonds. The SMILES string of the molecule is CC(=O)NC1C(OCCOCCNC(=O)CNC(=O)CCC(NC(=O)CCCCCCC(=O)C(C)C)C(=O)NCCOCCOC2OC(CO)C(O)C(O)C2NC(C)=O)OC(CO)C(O)C1O. The van der Waals surface area contributed by atoms with Crippen molar-refractivity contribution in [3.63, 3.8) is 0 Å². The Morgan fingerprint density at radius 3 is 1.54 bits per heavy atom. The van der Waals surface area contributed by atoms with Crippen molar-refractivity contribution in [1.82, 2.24) is 31.9 Å². The van der Waals surface area contributed by atoms with Gasteiger partial charge < -0.3 is 91.0 Å². The van der Waals surface area contributed by atoms with Gasteiger partial charge in [0.05, 0.1) is 59.4 Å². The molecule has 25 nitrogen and oxygen atoms in total. The van der Waals surface area contributed by atoms with E-state index in [2.05, 4.69) is 31.9 Å². The van der Waals surface area contributed by atoms with E-state index in [0.29, 0.717) is 25.7 Å². The van der Waals surface area contributed by atoms with Gasteiger partial charge in [-0.1, -0.05) is 26.7 Å². The van der Waals surface area contributed by atoms with E-state index < -0.39 is 116 Å². The Balaban J connectivity index is 1.77. The van der Waals surface area contributed by atoms with Crippen LogP contribution in [-0.2, 0) is 62.0 Å². The smallest absolute Gasteiger partial charge is 0.242 e. The van der Waals surface area contributed by atoms with E-state index in [-0.39, 0.29) is 90.2 Å². The topological polar surface area (TPSA) is 368 Å². The molecule has 0 aliphatic carbocycles. The molecule has 0 aromatic rings. The maximum absolute atomic E-state index is 13.2. The summed E-state index contributed by atoms with van der Waals surface area (Å²) in [5.74, 6) is -2.95. The predicted octanol–water partition coefficient (Wildman–Crippen LogP) is -4.88. The minimum absolute atomic E-state index is 0.00309. The second-order valence-electron chi connectivity index (χ2n) is 16.4. The third-order valence-corrected chi connectivity index (χ3v) is 10.6. The molecule has 0 aromatic carbocycles. The van der Waals surface area contributed by atoms with Gasteiger partial charge in [-0.3, -0.25) is 33.6 Å². The second kappa shape index (κ2) is 32.7. The Labute approximate surface area is 390 Å². The Kier molecular flexibility index (Phi) is 28.9. The van der Waals surface area contributed by atoms with Crippen molar-refractivity contribution in [2.24, 2.45) is 5.92 Å². The van der Waals surface area contributed by atoms with Gasteiger partial charge in [-0.2, -0.15) is 0 Å². The number of amides is 6. The zero-order valence-electron chi connectivity index (χ0n) is 38.9. The molecular weight excluding hydrogens is 892 g/mol. The summed E-state index contributed by atoms with van der Waals surface area (Å²) in [6.45, 7) is 4.50. The number of nitrogens with one attached hydrogen (secondary N) is 6. The molecule has 2 aliphatic rings. The zero-order valence-corrected chi connectivity index (χ0v) is 38.9. The lowest BCUT2D eigenvalue weighted by Crippen LogP contribution is -2.64. The first-order valence-electron chi connectivity index (χ1n) is 22.7. The van der Waals surface area contributed by atoms with E-state index in [9.17, 15) is 64.2 Å². The van der Waals surface area contributed by atoms with Gasteiger partial charge in [-0.15, -0.1) is 0 Å². The van der Waals surface area contributed by atoms with Gasteiger partial charge in [0.25, 0.3) is 0 Å². The minimum atomic E-state index is -1.48. The van der Waals surface area contributed by atoms with Crippen molar-refractivity contribution in [1.29, 1.82) is 0 Å². The Morgan fingerprint density at radius 2 is 1.06 bits per heavy atom. The highest BCUT2D eigenvalue weighted by Crippen LogP contribution is 2.23. The van der Waals surface area contributed by atoms with Gasteiger partial charge >= 0.3 is 0 Å². The molecule has 11 atom stereocenters. The van der Waals surface area contributed by atoms with Crippen LogP contribution in [0.5, 0.6) is 0 Å². The summed E-state index contributed by atoms with van der Waals surface area (Å²) in [5.41, 5.74) is 0. The van der Waals surface area contributed by atoms with Crippen LogP contribution in [0, 0.1) is 5.92 Å². The lowest BCUT2D eigenvalue weighted by Gasteiger charge is -2.42. The van der Waals surface area contributed by atoms with E-state index in [1.807, 2.05) is 13.8 Å². The highest BCUT2D eigenvalue weighted by molar-refractivity contribution is 5.89. The first kappa shape index (κ1) is 59.1. The molecule has 0 spiro atoms. The Hall–Kier alpha value is -3.99. The number of carbonyl (C=O) groups is 7. The molecule has 2 heterocycles. The number of Topliss-reactive ketones (excluding diaryl/α,β-unsaturated/α-hetero) is 1. The number of ether oxygens (including phenoxy) is 6. The number of carbonyl (C=O) groups excluding carboxylic acids is 7. The molecule has 2 fully saturated rings. The van der Waals surface area contributed by atoms with Crippen LogP contribution >= 0.6 is 0 Å². The van der Waals surface area contributed by atoms with Gasteiger partial charge in [0.2, 0.25) is 35.4 Å². The van der Waals surface area contributed by atoms with Crippen molar-refractivity contribution >= 4 is 41.2 Å². The quantitative estimate of drug-likeness (QED) is 0.0274. The Bertz CT molecular complexity index is 1530. The maximum atomic E-state index is 13.2. The van der Waals surface area contributed by atoms with E-state index >= 15 is 0 Å². The summed E-state index contributed by atoms with van der Waals surface area (Å²) < 4.78 is 33.1. The summed E-state index contributed by atoms with van der Waals surface area (Å²) in [6, 6.07) is -3.34. The van der Waals surface area contributed by atoms with Gasteiger partial charge in [0.1, 0.15) is 60.5 Å². The van der Waals surface area contributed by atoms with Crippen LogP contribution in [0.3, 0.4) is 0 Å². The van der Waals surface area contributed by atoms with E-state index in [1.54, 1.807) is 0 Å². The third kappa shape index (κ3) is 22.8. The second-order valence-corrected chi connectivity index (χ2v) is 16.4. The third-order valence-electron chi connectivity index (χ3n) is 10.6. The average molecular weight is 967 g/mol. The molecule has 0 saturated carbocycles. The fourth-order valence-corrected chi connectivity index (χ4v) is 6.88. The number of unbranched alkanes of at least 4 members (excludes halogenated alkanes) is 3. The minimum Gasteiger partial charge on any atom is -0.394 e. The summed E-state index contributed by atoms with van der Waals surface area (Å²) >= 11 is 0. The van der Waals surface area contributed by atoms with Gasteiger partial charge in [0.15, 0.2) is 12.6 Å². The van der Waals surface area contributed by atoms with Crippen LogP contribution in [0.2, 0.25) is 0 Å². The van der Waals surface area contributed by atoms with Gasteiger partial charge in [0, 0.05) is 52.1 Å². The summed E-state index contributed by atoms with van der Waals surface area (Å²) in [7, 11) is 0. The van der Waals surface area contributed by atoms with Crippen LogP contribution in [0.1, 0.15) is 79.1 Å². The van der Waals surface area contributed by atoms with Crippen LogP contribution in [0.4, 0.5) is 0 Å². The normalized spacial score (nSPS) is 25.4. The lowest BCUT2D eigenvalue weighted by molar-refractivity contribution is -0.272. The lowest BCUT2D eigenvalue weighted by atomic mass is 9.97. The van der Waals surface area contributed by atoms with Crippen LogP contribution in [0.25, 0.3) is 0 Å². The molecule has 2 aliphatic heterocycles. The number of hydrogen-bond acceptors (Lipinski definition) is 19. The fourth-order valence-electron chi connectivity index (χ4n) is 6.88. The molecule has 12 N–H and O–H groups in total. The Morgan fingerprint density at radius 1 is 0.567 bits per heavy atom. The van der Waals surface area contributed by atoms with Gasteiger partial charge in [-0.05, 0) is 19.3 Å².